The van der Waals surface area contributed by atoms with Gasteiger partial charge >= 0.3 is 12.2 Å². The molecular formula is C27H31N5O4. The van der Waals surface area contributed by atoms with Crippen molar-refractivity contribution in [1.29, 1.82) is 0 Å². The molecule has 4 aromatic rings. The first-order chi connectivity index (χ1) is 17.1. The van der Waals surface area contributed by atoms with Gasteiger partial charge in [0.15, 0.2) is 0 Å². The Labute approximate surface area is 210 Å². The van der Waals surface area contributed by atoms with Crippen LogP contribution in [0.25, 0.3) is 16.7 Å². The maximum atomic E-state index is 12.6. The van der Waals surface area contributed by atoms with Crippen molar-refractivity contribution >= 4 is 40.5 Å². The first-order valence-electron chi connectivity index (χ1n) is 11.4. The van der Waals surface area contributed by atoms with E-state index in [0.717, 1.165) is 11.1 Å². The van der Waals surface area contributed by atoms with Gasteiger partial charge in [-0.25, -0.2) is 14.6 Å². The van der Waals surface area contributed by atoms with E-state index in [0.29, 0.717) is 22.6 Å². The molecule has 0 atom stereocenters. The second kappa shape index (κ2) is 9.99. The van der Waals surface area contributed by atoms with E-state index < -0.39 is 17.8 Å². The van der Waals surface area contributed by atoms with E-state index in [4.69, 9.17) is 15.2 Å². The number of carbonyl (C=O) groups is 2. The van der Waals surface area contributed by atoms with E-state index in [1.807, 2.05) is 42.5 Å². The molecule has 0 aliphatic rings. The zero-order valence-corrected chi connectivity index (χ0v) is 20.7. The van der Waals surface area contributed by atoms with Gasteiger partial charge < -0.3 is 15.2 Å². The Bertz CT molecular complexity index is 1400. The molecule has 0 bridgehead atoms. The second-order valence-electron chi connectivity index (χ2n) is 9.25. The van der Waals surface area contributed by atoms with Gasteiger partial charge in [0.25, 0.3) is 0 Å². The normalized spacial score (nSPS) is 11.2. The fourth-order valence-corrected chi connectivity index (χ4v) is 3.63. The maximum absolute atomic E-state index is 12.6. The lowest BCUT2D eigenvalue weighted by molar-refractivity contribution is 0.0636. The summed E-state index contributed by atoms with van der Waals surface area (Å²) in [5, 5.41) is 2.73. The first-order valence-corrected chi connectivity index (χ1v) is 11.4. The molecule has 1 aromatic heterocycles. The summed E-state index contributed by atoms with van der Waals surface area (Å²) in [5.41, 5.74) is 9.80. The van der Waals surface area contributed by atoms with E-state index in [1.165, 1.54) is 4.90 Å². The van der Waals surface area contributed by atoms with Crippen LogP contribution in [-0.2, 0) is 16.1 Å². The van der Waals surface area contributed by atoms with Crippen LogP contribution in [-0.4, -0.2) is 34.4 Å². The van der Waals surface area contributed by atoms with E-state index in [2.05, 4.69) is 10.3 Å². The molecule has 4 rings (SSSR count). The number of nitrogens with zero attached hydrogens (tertiary/aromatic N) is 3. The third kappa shape index (κ3) is 5.75. The van der Waals surface area contributed by atoms with Crippen LogP contribution in [0.1, 0.15) is 27.8 Å². The average molecular weight is 490 g/mol. The van der Waals surface area contributed by atoms with Gasteiger partial charge in [-0.2, -0.15) is 0 Å². The van der Waals surface area contributed by atoms with Crippen molar-refractivity contribution in [3.8, 4) is 5.69 Å². The van der Waals surface area contributed by atoms with Crippen LogP contribution in [0.3, 0.4) is 0 Å². The summed E-state index contributed by atoms with van der Waals surface area (Å²) in [5.74, 6) is 0.269. The number of aromatic nitrogens is 2. The molecule has 3 aromatic carbocycles. The molecule has 0 saturated heterocycles. The van der Waals surface area contributed by atoms with Crippen molar-refractivity contribution < 1.29 is 20.5 Å². The summed E-state index contributed by atoms with van der Waals surface area (Å²) < 4.78 is 12.5. The third-order valence-electron chi connectivity index (χ3n) is 5.28. The zero-order chi connectivity index (χ0) is 25.9. The highest BCUT2D eigenvalue weighted by Crippen LogP contribution is 2.28. The van der Waals surface area contributed by atoms with Gasteiger partial charge in [0.2, 0.25) is 5.95 Å². The number of fused-ring (bicyclic) bond motifs is 1. The molecule has 36 heavy (non-hydrogen) atoms. The Hall–Kier alpha value is -4.53. The Kier molecular flexibility index (Phi) is 6.82. The number of nitrogens with one attached hydrogen (secondary N) is 1. The second-order valence-corrected chi connectivity index (χ2v) is 9.25. The number of nitrogen functional groups attached to an aromatic ring is 1. The number of anilines is 3. The largest absolute Gasteiger partial charge is 0.444 e. The molecule has 9 heteroatoms. The lowest BCUT2D eigenvalue weighted by Gasteiger charge is -2.20. The highest BCUT2D eigenvalue weighted by molar-refractivity contribution is 5.92. The minimum atomic E-state index is -0.606. The summed E-state index contributed by atoms with van der Waals surface area (Å²) in [6.07, 6.45) is -1.03. The minimum absolute atomic E-state index is 0. The van der Waals surface area contributed by atoms with Crippen molar-refractivity contribution in [3.05, 3.63) is 78.4 Å². The van der Waals surface area contributed by atoms with Crippen LogP contribution in [0.5, 0.6) is 0 Å². The predicted molar refractivity (Wildman–Crippen MR) is 142 cm³/mol. The third-order valence-corrected chi connectivity index (χ3v) is 5.28. The van der Waals surface area contributed by atoms with Crippen molar-refractivity contribution in [3.63, 3.8) is 0 Å². The van der Waals surface area contributed by atoms with Crippen LogP contribution < -0.4 is 16.0 Å². The fourth-order valence-electron chi connectivity index (χ4n) is 3.63. The van der Waals surface area contributed by atoms with Crippen LogP contribution in [0.15, 0.2) is 72.8 Å². The van der Waals surface area contributed by atoms with E-state index in [1.54, 1.807) is 62.7 Å². The van der Waals surface area contributed by atoms with Crippen LogP contribution >= 0.6 is 0 Å². The lowest BCUT2D eigenvalue weighted by atomic mass is 10.2. The molecule has 0 aliphatic carbocycles. The molecule has 0 fully saturated rings. The van der Waals surface area contributed by atoms with Crippen LogP contribution in [0, 0.1) is 0 Å². The quantitative estimate of drug-likeness (QED) is 0.357. The Morgan fingerprint density at radius 3 is 2.53 bits per heavy atom. The SMILES string of the molecule is CN(C(=O)OCc1ccccc1)c1ccc2c(c1)nc(N)n2-c1cccc(NC(=O)OC(C)(C)C)c1.[HH]. The number of benzene rings is 3. The molecule has 0 saturated carbocycles. The first kappa shape index (κ1) is 24.6. The predicted octanol–water partition coefficient (Wildman–Crippen LogP) is 5.97. The van der Waals surface area contributed by atoms with Gasteiger partial charge in [-0.15, -0.1) is 0 Å². The van der Waals surface area contributed by atoms with Gasteiger partial charge in [0.05, 0.1) is 16.7 Å². The van der Waals surface area contributed by atoms with Crippen molar-refractivity contribution in [2.75, 3.05) is 23.0 Å². The van der Waals surface area contributed by atoms with Gasteiger partial charge in [0, 0.05) is 19.8 Å². The van der Waals surface area contributed by atoms with Gasteiger partial charge in [-0.3, -0.25) is 14.8 Å². The number of ether oxygens (including phenoxy) is 2. The average Bonchev–Trinajstić information content (AvgIpc) is 3.16. The molecule has 0 radical (unpaired) electrons. The molecule has 0 unspecified atom stereocenters. The Morgan fingerprint density at radius 2 is 1.81 bits per heavy atom. The van der Waals surface area contributed by atoms with Crippen molar-refractivity contribution in [2.24, 2.45) is 0 Å². The van der Waals surface area contributed by atoms with Gasteiger partial charge in [0.1, 0.15) is 12.2 Å². The Balaban J connectivity index is 0.00000380. The van der Waals surface area contributed by atoms with E-state index in [-0.39, 0.29) is 14.0 Å². The highest BCUT2D eigenvalue weighted by atomic mass is 16.6. The molecule has 3 N–H and O–H groups in total. The number of imidazole rings is 1. The zero-order valence-electron chi connectivity index (χ0n) is 20.7. The number of amides is 2. The number of rotatable bonds is 5. The topological polar surface area (TPSA) is 112 Å². The summed E-state index contributed by atoms with van der Waals surface area (Å²) in [6.45, 7) is 5.59. The van der Waals surface area contributed by atoms with Crippen molar-refractivity contribution in [1.82, 2.24) is 9.55 Å². The maximum Gasteiger partial charge on any atom is 0.414 e. The molecule has 188 valence electrons. The monoisotopic (exact) mass is 489 g/mol. The highest BCUT2D eigenvalue weighted by Gasteiger charge is 2.18. The minimum Gasteiger partial charge on any atom is -0.444 e. The molecule has 2 amide bonds. The van der Waals surface area contributed by atoms with Crippen LogP contribution in [0.4, 0.5) is 26.9 Å². The molecule has 0 spiro atoms. The molecule has 9 nitrogen and oxygen atoms in total. The van der Waals surface area contributed by atoms with Gasteiger partial charge in [-0.05, 0) is 62.7 Å². The number of hydrogen-bond donors (Lipinski definition) is 2. The summed E-state index contributed by atoms with van der Waals surface area (Å²) in [6, 6.07) is 22.1. The van der Waals surface area contributed by atoms with Gasteiger partial charge in [-0.1, -0.05) is 36.4 Å². The van der Waals surface area contributed by atoms with Crippen LogP contribution in [0.2, 0.25) is 0 Å². The summed E-state index contributed by atoms with van der Waals surface area (Å²) >= 11 is 0. The summed E-state index contributed by atoms with van der Waals surface area (Å²) in [4.78, 5) is 30.6. The molecular weight excluding hydrogens is 458 g/mol. The number of hydrogen-bond acceptors (Lipinski definition) is 6. The number of nitrogens with two attached hydrogens (primary N) is 1. The lowest BCUT2D eigenvalue weighted by Crippen LogP contribution is -2.27. The van der Waals surface area contributed by atoms with Crippen molar-refractivity contribution in [2.45, 2.75) is 33.0 Å². The standard InChI is InChI=1S/C27H29N5O4.H2/c1-27(2,3)36-25(33)29-19-11-8-12-21(15-19)32-23-14-13-20(16-22(23)30-24(32)28)31(4)26(34)35-17-18-9-6-5-7-10-18;/h5-16H,17H2,1-4H3,(H2,28,30)(H,29,33);1H. The fraction of sp³-hybridized carbons (Fsp3) is 0.222. The molecule has 0 aliphatic heterocycles. The van der Waals surface area contributed by atoms with E-state index in [9.17, 15) is 9.59 Å². The number of carbonyl (C=O) groups excluding carboxylic acids is 2. The van der Waals surface area contributed by atoms with E-state index >= 15 is 0 Å². The smallest absolute Gasteiger partial charge is 0.414 e. The Morgan fingerprint density at radius 1 is 1.06 bits per heavy atom. The molecule has 1 heterocycles. The summed E-state index contributed by atoms with van der Waals surface area (Å²) in [7, 11) is 1.64.